The number of aldehydes is 1. The van der Waals surface area contributed by atoms with Crippen LogP contribution in [0.1, 0.15) is 17.9 Å². The van der Waals surface area contributed by atoms with Gasteiger partial charge >= 0.3 is 0 Å². The Balaban J connectivity index is 2.19. The molecule has 1 aromatic heterocycles. The monoisotopic (exact) mass is 181 g/mol. The van der Waals surface area contributed by atoms with E-state index in [0.717, 1.165) is 18.3 Å². The van der Waals surface area contributed by atoms with Crippen molar-refractivity contribution in [2.75, 3.05) is 0 Å². The summed E-state index contributed by atoms with van der Waals surface area (Å²) in [6.45, 7) is 0. The molecule has 1 aliphatic carbocycles. The van der Waals surface area contributed by atoms with Crippen molar-refractivity contribution in [2.45, 2.75) is 12.3 Å². The maximum absolute atomic E-state index is 10.4. The minimum absolute atomic E-state index is 0.212. The molecule has 12 heavy (non-hydrogen) atoms. The Morgan fingerprint density at radius 3 is 3.08 bits per heavy atom. The molecule has 3 heteroatoms. The Kier molecular flexibility index (Phi) is 1.85. The molecule has 0 N–H and O–H groups in total. The Morgan fingerprint density at radius 1 is 1.67 bits per heavy atom. The van der Waals surface area contributed by atoms with Gasteiger partial charge in [0.1, 0.15) is 11.4 Å². The molecular weight excluding hydrogens is 174 g/mol. The van der Waals surface area contributed by atoms with Crippen LogP contribution >= 0.6 is 11.6 Å². The molecule has 1 fully saturated rings. The number of halogens is 1. The second-order valence-corrected chi connectivity index (χ2v) is 3.44. The van der Waals surface area contributed by atoms with Gasteiger partial charge in [-0.25, -0.2) is 4.98 Å². The van der Waals surface area contributed by atoms with Gasteiger partial charge in [0, 0.05) is 12.1 Å². The second-order valence-electron chi connectivity index (χ2n) is 3.05. The van der Waals surface area contributed by atoms with Gasteiger partial charge in [-0.15, -0.1) is 0 Å². The number of aromatic nitrogens is 1. The summed E-state index contributed by atoms with van der Waals surface area (Å²) in [5.41, 5.74) is 1.13. The van der Waals surface area contributed by atoms with Gasteiger partial charge in [-0.2, -0.15) is 0 Å². The fourth-order valence-corrected chi connectivity index (χ4v) is 1.58. The average Bonchev–Trinajstić information content (AvgIpc) is 2.83. The molecule has 1 saturated carbocycles. The van der Waals surface area contributed by atoms with Gasteiger partial charge in [0.15, 0.2) is 0 Å². The summed E-state index contributed by atoms with van der Waals surface area (Å²) in [5, 5.41) is 0.504. The van der Waals surface area contributed by atoms with Gasteiger partial charge in [-0.1, -0.05) is 11.6 Å². The van der Waals surface area contributed by atoms with E-state index in [4.69, 9.17) is 11.6 Å². The Hall–Kier alpha value is -0.890. The molecule has 2 atom stereocenters. The quantitative estimate of drug-likeness (QED) is 0.516. The molecule has 0 saturated heterocycles. The van der Waals surface area contributed by atoms with E-state index >= 15 is 0 Å². The third kappa shape index (κ3) is 1.34. The number of hydrogen-bond acceptors (Lipinski definition) is 2. The first-order valence-electron chi connectivity index (χ1n) is 3.88. The molecule has 1 heterocycles. The van der Waals surface area contributed by atoms with Crippen LogP contribution in [0.15, 0.2) is 18.3 Å². The zero-order valence-corrected chi connectivity index (χ0v) is 7.16. The molecule has 2 nitrogen and oxygen atoms in total. The maximum atomic E-state index is 10.4. The highest BCUT2D eigenvalue weighted by molar-refractivity contribution is 6.29. The van der Waals surface area contributed by atoms with E-state index in [0.29, 0.717) is 11.1 Å². The fraction of sp³-hybridized carbons (Fsp3) is 0.333. The van der Waals surface area contributed by atoms with Crippen LogP contribution in [0.2, 0.25) is 5.15 Å². The molecule has 0 aliphatic heterocycles. The van der Waals surface area contributed by atoms with Crippen LogP contribution in [0.4, 0.5) is 0 Å². The minimum atomic E-state index is 0.212. The lowest BCUT2D eigenvalue weighted by Crippen LogP contribution is -1.85. The SMILES string of the molecule is O=CC1CC1c1ccnc(Cl)c1. The summed E-state index contributed by atoms with van der Waals surface area (Å²) >= 11 is 5.71. The van der Waals surface area contributed by atoms with Crippen LogP contribution in [-0.4, -0.2) is 11.3 Å². The topological polar surface area (TPSA) is 30.0 Å². The average molecular weight is 182 g/mol. The predicted molar refractivity (Wildman–Crippen MR) is 46.2 cm³/mol. The lowest BCUT2D eigenvalue weighted by molar-refractivity contribution is -0.108. The van der Waals surface area contributed by atoms with Crippen LogP contribution in [0.25, 0.3) is 0 Å². The number of rotatable bonds is 2. The van der Waals surface area contributed by atoms with E-state index in [9.17, 15) is 4.79 Å². The molecule has 0 radical (unpaired) electrons. The van der Waals surface area contributed by atoms with E-state index in [1.165, 1.54) is 0 Å². The molecule has 1 aliphatic rings. The number of carbonyl (C=O) groups excluding carboxylic acids is 1. The van der Waals surface area contributed by atoms with Crippen molar-refractivity contribution < 1.29 is 4.79 Å². The zero-order chi connectivity index (χ0) is 8.55. The highest BCUT2D eigenvalue weighted by atomic mass is 35.5. The lowest BCUT2D eigenvalue weighted by atomic mass is 10.1. The molecule has 2 unspecified atom stereocenters. The Morgan fingerprint density at radius 2 is 2.50 bits per heavy atom. The molecule has 2 rings (SSSR count). The number of nitrogens with zero attached hydrogens (tertiary/aromatic N) is 1. The van der Waals surface area contributed by atoms with Crippen molar-refractivity contribution in [1.29, 1.82) is 0 Å². The molecule has 1 aromatic rings. The molecule has 0 aromatic carbocycles. The van der Waals surface area contributed by atoms with E-state index in [1.54, 1.807) is 6.20 Å². The van der Waals surface area contributed by atoms with Crippen molar-refractivity contribution in [1.82, 2.24) is 4.98 Å². The van der Waals surface area contributed by atoms with Crippen LogP contribution in [0.5, 0.6) is 0 Å². The number of pyridine rings is 1. The van der Waals surface area contributed by atoms with Crippen LogP contribution in [-0.2, 0) is 4.79 Å². The summed E-state index contributed by atoms with van der Waals surface area (Å²) < 4.78 is 0. The van der Waals surface area contributed by atoms with Crippen molar-refractivity contribution in [3.05, 3.63) is 29.0 Å². The van der Waals surface area contributed by atoms with Crippen LogP contribution in [0.3, 0.4) is 0 Å². The normalized spacial score (nSPS) is 26.8. The summed E-state index contributed by atoms with van der Waals surface area (Å²) in [5.74, 6) is 0.603. The summed E-state index contributed by atoms with van der Waals surface area (Å²) in [6.07, 6.45) is 3.65. The standard InChI is InChI=1S/C9H8ClNO/c10-9-4-6(1-2-11-9)8-3-7(8)5-12/h1-2,4-5,7-8H,3H2. The lowest BCUT2D eigenvalue weighted by Gasteiger charge is -1.96. The number of carbonyl (C=O) groups is 1. The molecule has 62 valence electrons. The van der Waals surface area contributed by atoms with Crippen LogP contribution in [0, 0.1) is 5.92 Å². The van der Waals surface area contributed by atoms with Crippen LogP contribution < -0.4 is 0 Å². The summed E-state index contributed by atoms with van der Waals surface area (Å²) in [7, 11) is 0. The van der Waals surface area contributed by atoms with Gasteiger partial charge in [0.05, 0.1) is 0 Å². The highest BCUT2D eigenvalue weighted by Crippen LogP contribution is 2.45. The van der Waals surface area contributed by atoms with E-state index < -0.39 is 0 Å². The predicted octanol–water partition coefficient (Wildman–Crippen LogP) is 2.04. The first-order valence-corrected chi connectivity index (χ1v) is 4.26. The highest BCUT2D eigenvalue weighted by Gasteiger charge is 2.37. The van der Waals surface area contributed by atoms with E-state index in [-0.39, 0.29) is 5.92 Å². The third-order valence-electron chi connectivity index (χ3n) is 2.19. The van der Waals surface area contributed by atoms with Gasteiger partial charge in [0.25, 0.3) is 0 Å². The third-order valence-corrected chi connectivity index (χ3v) is 2.40. The zero-order valence-electron chi connectivity index (χ0n) is 6.40. The van der Waals surface area contributed by atoms with E-state index in [2.05, 4.69) is 4.98 Å². The summed E-state index contributed by atoms with van der Waals surface area (Å²) in [4.78, 5) is 14.3. The largest absolute Gasteiger partial charge is 0.303 e. The maximum Gasteiger partial charge on any atom is 0.129 e. The van der Waals surface area contributed by atoms with Crippen molar-refractivity contribution in [3.8, 4) is 0 Å². The first kappa shape index (κ1) is 7.74. The smallest absolute Gasteiger partial charge is 0.129 e. The van der Waals surface area contributed by atoms with Gasteiger partial charge in [-0.05, 0) is 30.0 Å². The number of hydrogen-bond donors (Lipinski definition) is 0. The second kappa shape index (κ2) is 2.87. The fourth-order valence-electron chi connectivity index (χ4n) is 1.40. The molecule has 0 amide bonds. The molecule has 0 bridgehead atoms. The van der Waals surface area contributed by atoms with E-state index in [1.807, 2.05) is 12.1 Å². The molecule has 0 spiro atoms. The van der Waals surface area contributed by atoms with Crippen molar-refractivity contribution >= 4 is 17.9 Å². The van der Waals surface area contributed by atoms with Crippen molar-refractivity contribution in [2.24, 2.45) is 5.92 Å². The van der Waals surface area contributed by atoms with Gasteiger partial charge in [-0.3, -0.25) is 0 Å². The Bertz CT molecular complexity index is 313. The Labute approximate surface area is 75.6 Å². The molecular formula is C9H8ClNO. The van der Waals surface area contributed by atoms with Gasteiger partial charge < -0.3 is 4.79 Å². The van der Waals surface area contributed by atoms with Gasteiger partial charge in [0.2, 0.25) is 0 Å². The van der Waals surface area contributed by atoms with Crippen molar-refractivity contribution in [3.63, 3.8) is 0 Å². The summed E-state index contributed by atoms with van der Waals surface area (Å²) in [6, 6.07) is 3.75. The first-order chi connectivity index (χ1) is 5.81. The minimum Gasteiger partial charge on any atom is -0.303 e.